The predicted molar refractivity (Wildman–Crippen MR) is 75.0 cm³/mol. The third kappa shape index (κ3) is 4.40. The van der Waals surface area contributed by atoms with E-state index in [-0.39, 0.29) is 12.1 Å². The van der Waals surface area contributed by atoms with Gasteiger partial charge in [-0.25, -0.2) is 4.79 Å². The molecule has 0 aromatic heterocycles. The van der Waals surface area contributed by atoms with E-state index in [4.69, 9.17) is 4.74 Å². The smallest absolute Gasteiger partial charge is 0.340 e. The highest BCUT2D eigenvalue weighted by molar-refractivity contribution is 5.95. The number of unbranched alkanes of at least 4 members (excludes halogenated alkanes) is 1. The zero-order valence-electron chi connectivity index (χ0n) is 11.5. The quantitative estimate of drug-likeness (QED) is 0.589. The van der Waals surface area contributed by atoms with Gasteiger partial charge in [0.25, 0.3) is 0 Å². The Hall–Kier alpha value is -1.51. The van der Waals surface area contributed by atoms with E-state index in [1.54, 1.807) is 6.07 Å². The fraction of sp³-hybridized carbons (Fsp3) is 0.533. The first-order valence-electron chi connectivity index (χ1n) is 6.72. The summed E-state index contributed by atoms with van der Waals surface area (Å²) in [5.74, 6) is -0.246. The molecular weight excluding hydrogens is 226 g/mol. The maximum Gasteiger partial charge on any atom is 0.340 e. The molecule has 0 heterocycles. The summed E-state index contributed by atoms with van der Waals surface area (Å²) in [5, 5.41) is 3.29. The minimum atomic E-state index is -0.246. The van der Waals surface area contributed by atoms with Crippen molar-refractivity contribution in [1.29, 1.82) is 0 Å². The van der Waals surface area contributed by atoms with Crippen molar-refractivity contribution >= 4 is 11.7 Å². The van der Waals surface area contributed by atoms with Crippen LogP contribution in [0.5, 0.6) is 0 Å². The maximum absolute atomic E-state index is 12.0. The van der Waals surface area contributed by atoms with Crippen molar-refractivity contribution in [3.8, 4) is 0 Å². The Labute approximate surface area is 110 Å². The average Bonchev–Trinajstić information content (AvgIpc) is 2.39. The Balaban J connectivity index is 2.71. The molecule has 0 spiro atoms. The number of esters is 1. The molecule has 0 fully saturated rings. The van der Waals surface area contributed by atoms with E-state index in [2.05, 4.69) is 12.2 Å². The molecule has 1 aromatic rings. The molecule has 3 heteroatoms. The molecule has 18 heavy (non-hydrogen) atoms. The molecule has 0 amide bonds. The van der Waals surface area contributed by atoms with Crippen LogP contribution in [0.15, 0.2) is 24.3 Å². The third-order valence-corrected chi connectivity index (χ3v) is 2.88. The zero-order chi connectivity index (χ0) is 13.4. The molecule has 1 atom stereocenters. The van der Waals surface area contributed by atoms with Crippen LogP contribution in [-0.2, 0) is 4.74 Å². The van der Waals surface area contributed by atoms with E-state index in [0.29, 0.717) is 5.56 Å². The lowest BCUT2D eigenvalue weighted by Crippen LogP contribution is -2.16. The normalized spacial score (nSPS) is 11.9. The van der Waals surface area contributed by atoms with Gasteiger partial charge >= 0.3 is 5.97 Å². The Morgan fingerprint density at radius 2 is 2.06 bits per heavy atom. The van der Waals surface area contributed by atoms with Gasteiger partial charge in [-0.05, 0) is 31.9 Å². The van der Waals surface area contributed by atoms with E-state index in [9.17, 15) is 4.79 Å². The molecule has 1 unspecified atom stereocenters. The second kappa shape index (κ2) is 7.75. The number of carbonyl (C=O) groups excluding carboxylic acids is 1. The Morgan fingerprint density at radius 3 is 2.72 bits per heavy atom. The number of nitrogens with one attached hydrogen (secondary N) is 1. The molecule has 1 aromatic carbocycles. The molecule has 0 saturated carbocycles. The molecule has 1 N–H and O–H groups in total. The van der Waals surface area contributed by atoms with Crippen LogP contribution in [-0.4, -0.2) is 18.6 Å². The van der Waals surface area contributed by atoms with Crippen molar-refractivity contribution in [2.75, 3.05) is 11.9 Å². The second-order valence-electron chi connectivity index (χ2n) is 4.45. The highest BCUT2D eigenvalue weighted by Gasteiger charge is 2.14. The largest absolute Gasteiger partial charge is 0.459 e. The van der Waals surface area contributed by atoms with Crippen LogP contribution in [0.3, 0.4) is 0 Å². The fourth-order valence-corrected chi connectivity index (χ4v) is 1.54. The molecule has 100 valence electrons. The highest BCUT2D eigenvalue weighted by Crippen LogP contribution is 2.17. The van der Waals surface area contributed by atoms with Crippen molar-refractivity contribution < 1.29 is 9.53 Å². The van der Waals surface area contributed by atoms with Gasteiger partial charge in [0.15, 0.2) is 0 Å². The van der Waals surface area contributed by atoms with Gasteiger partial charge in [0.1, 0.15) is 0 Å². The first-order valence-corrected chi connectivity index (χ1v) is 6.72. The lowest BCUT2D eigenvalue weighted by atomic mass is 10.1. The van der Waals surface area contributed by atoms with Crippen LogP contribution in [0.4, 0.5) is 5.69 Å². The van der Waals surface area contributed by atoms with Gasteiger partial charge in [-0.2, -0.15) is 0 Å². The van der Waals surface area contributed by atoms with E-state index in [1.807, 2.05) is 32.0 Å². The number of hydrogen-bond donors (Lipinski definition) is 1. The lowest BCUT2D eigenvalue weighted by Gasteiger charge is -2.14. The number of anilines is 1. The first-order chi connectivity index (χ1) is 8.69. The number of ether oxygens (including phenoxy) is 1. The van der Waals surface area contributed by atoms with Crippen molar-refractivity contribution in [2.24, 2.45) is 0 Å². The Morgan fingerprint density at radius 1 is 1.33 bits per heavy atom. The number of benzene rings is 1. The van der Waals surface area contributed by atoms with Crippen LogP contribution in [0.1, 0.15) is 50.4 Å². The number of rotatable bonds is 7. The van der Waals surface area contributed by atoms with E-state index >= 15 is 0 Å². The van der Waals surface area contributed by atoms with Gasteiger partial charge in [0.2, 0.25) is 0 Å². The Bertz CT molecular complexity index is 377. The van der Waals surface area contributed by atoms with Gasteiger partial charge in [0, 0.05) is 12.2 Å². The molecule has 0 aliphatic rings. The molecule has 0 bridgehead atoms. The van der Waals surface area contributed by atoms with E-state index < -0.39 is 0 Å². The van der Waals surface area contributed by atoms with Gasteiger partial charge in [0.05, 0.1) is 11.7 Å². The summed E-state index contributed by atoms with van der Waals surface area (Å²) in [5.41, 5.74) is 1.48. The van der Waals surface area contributed by atoms with Crippen molar-refractivity contribution in [3.05, 3.63) is 29.8 Å². The third-order valence-electron chi connectivity index (χ3n) is 2.88. The minimum Gasteiger partial charge on any atom is -0.459 e. The summed E-state index contributed by atoms with van der Waals surface area (Å²) in [6.45, 7) is 6.93. The molecule has 0 saturated heterocycles. The van der Waals surface area contributed by atoms with Gasteiger partial charge < -0.3 is 10.1 Å². The second-order valence-corrected chi connectivity index (χ2v) is 4.45. The summed E-state index contributed by atoms with van der Waals surface area (Å²) in [6, 6.07) is 7.51. The number of carbonyl (C=O) groups is 1. The molecular formula is C15H23NO2. The number of para-hydroxylation sites is 1. The maximum atomic E-state index is 12.0. The molecule has 3 nitrogen and oxygen atoms in total. The highest BCUT2D eigenvalue weighted by atomic mass is 16.5. The first kappa shape index (κ1) is 14.6. The SMILES string of the molecule is CCCCNc1ccccc1C(=O)OC(C)CC. The molecule has 0 aliphatic heterocycles. The summed E-state index contributed by atoms with van der Waals surface area (Å²) in [6.07, 6.45) is 3.01. The summed E-state index contributed by atoms with van der Waals surface area (Å²) in [7, 11) is 0. The predicted octanol–water partition coefficient (Wildman–Crippen LogP) is 3.85. The van der Waals surface area contributed by atoms with Crippen molar-refractivity contribution in [2.45, 2.75) is 46.1 Å². The monoisotopic (exact) mass is 249 g/mol. The zero-order valence-corrected chi connectivity index (χ0v) is 11.5. The Kier molecular flexibility index (Phi) is 6.26. The minimum absolute atomic E-state index is 0.0406. The summed E-state index contributed by atoms with van der Waals surface area (Å²) >= 11 is 0. The standard InChI is InChI=1S/C15H23NO2/c1-4-6-11-16-14-10-8-7-9-13(14)15(17)18-12(3)5-2/h7-10,12,16H,4-6,11H2,1-3H3. The van der Waals surface area contributed by atoms with Gasteiger partial charge in [-0.15, -0.1) is 0 Å². The fourth-order valence-electron chi connectivity index (χ4n) is 1.54. The number of hydrogen-bond acceptors (Lipinski definition) is 3. The molecule has 0 aliphatic carbocycles. The van der Waals surface area contributed by atoms with Crippen LogP contribution in [0, 0.1) is 0 Å². The van der Waals surface area contributed by atoms with Crippen LogP contribution < -0.4 is 5.32 Å². The topological polar surface area (TPSA) is 38.3 Å². The van der Waals surface area contributed by atoms with Crippen LogP contribution >= 0.6 is 0 Å². The molecule has 0 radical (unpaired) electrons. The average molecular weight is 249 g/mol. The van der Waals surface area contributed by atoms with Crippen molar-refractivity contribution in [3.63, 3.8) is 0 Å². The van der Waals surface area contributed by atoms with E-state index in [0.717, 1.165) is 31.5 Å². The summed E-state index contributed by atoms with van der Waals surface area (Å²) < 4.78 is 5.35. The molecule has 1 rings (SSSR count). The van der Waals surface area contributed by atoms with Gasteiger partial charge in [-0.3, -0.25) is 0 Å². The van der Waals surface area contributed by atoms with Crippen LogP contribution in [0.2, 0.25) is 0 Å². The van der Waals surface area contributed by atoms with Crippen molar-refractivity contribution in [1.82, 2.24) is 0 Å². The van der Waals surface area contributed by atoms with Gasteiger partial charge in [-0.1, -0.05) is 32.4 Å². The van der Waals surface area contributed by atoms with E-state index in [1.165, 1.54) is 0 Å². The lowest BCUT2D eigenvalue weighted by molar-refractivity contribution is 0.0335. The van der Waals surface area contributed by atoms with Crippen LogP contribution in [0.25, 0.3) is 0 Å². The summed E-state index contributed by atoms with van der Waals surface area (Å²) in [4.78, 5) is 12.0.